The van der Waals surface area contributed by atoms with Crippen molar-refractivity contribution in [3.05, 3.63) is 29.3 Å². The topological polar surface area (TPSA) is 61.4 Å². The number of carbonyl (C=O) groups excluding carboxylic acids is 2. The molecule has 2 rings (SSSR count). The minimum atomic E-state index is -0.216. The van der Waals surface area contributed by atoms with Crippen molar-refractivity contribution in [2.24, 2.45) is 5.92 Å². The molecule has 132 valence electrons. The summed E-state index contributed by atoms with van der Waals surface area (Å²) in [5.41, 5.74) is 2.30. The highest BCUT2D eigenvalue weighted by molar-refractivity contribution is 7.99. The van der Waals surface area contributed by atoms with Crippen LogP contribution in [0.25, 0.3) is 0 Å². The molecular formula is C18H27N3O2S. The molecule has 1 heterocycles. The Labute approximate surface area is 148 Å². The van der Waals surface area contributed by atoms with Crippen molar-refractivity contribution >= 4 is 29.4 Å². The third kappa shape index (κ3) is 4.90. The number of carbonyl (C=O) groups is 2. The van der Waals surface area contributed by atoms with E-state index in [2.05, 4.69) is 24.5 Å². The second-order valence-electron chi connectivity index (χ2n) is 6.57. The highest BCUT2D eigenvalue weighted by Crippen LogP contribution is 2.19. The Morgan fingerprint density at radius 2 is 1.83 bits per heavy atom. The van der Waals surface area contributed by atoms with Crippen molar-refractivity contribution in [2.75, 3.05) is 29.9 Å². The van der Waals surface area contributed by atoms with Crippen molar-refractivity contribution in [1.29, 1.82) is 0 Å². The molecule has 0 saturated carbocycles. The first-order chi connectivity index (χ1) is 11.4. The van der Waals surface area contributed by atoms with Gasteiger partial charge in [-0.1, -0.05) is 13.8 Å². The molecule has 1 aromatic carbocycles. The van der Waals surface area contributed by atoms with Gasteiger partial charge in [0.05, 0.1) is 0 Å². The molecule has 24 heavy (non-hydrogen) atoms. The zero-order chi connectivity index (χ0) is 17.7. The fourth-order valence-electron chi connectivity index (χ4n) is 2.42. The molecule has 1 atom stereocenters. The Morgan fingerprint density at radius 1 is 1.17 bits per heavy atom. The number of benzene rings is 1. The SMILES string of the molecule is Cc1cc(C(=O)N2CCSCC2)ccc1NC(=O)N[C@@H](C)C(C)C. The number of rotatable bonds is 4. The van der Waals surface area contributed by atoms with Gasteiger partial charge in [-0.2, -0.15) is 11.8 Å². The molecule has 1 fully saturated rings. The molecule has 0 spiro atoms. The molecule has 6 heteroatoms. The van der Waals surface area contributed by atoms with E-state index in [9.17, 15) is 9.59 Å². The Bertz CT molecular complexity index is 598. The molecule has 0 unspecified atom stereocenters. The number of nitrogens with zero attached hydrogens (tertiary/aromatic N) is 1. The standard InChI is InChI=1S/C18H27N3O2S/c1-12(2)14(4)19-18(23)20-16-6-5-15(11-13(16)3)17(22)21-7-9-24-10-8-21/h5-6,11-12,14H,7-10H2,1-4H3,(H2,19,20,23)/t14-/m0/s1. The summed E-state index contributed by atoms with van der Waals surface area (Å²) in [5.74, 6) is 2.44. The van der Waals surface area contributed by atoms with Crippen LogP contribution in [0.4, 0.5) is 10.5 Å². The zero-order valence-electron chi connectivity index (χ0n) is 14.9. The summed E-state index contributed by atoms with van der Waals surface area (Å²) in [6.07, 6.45) is 0. The number of anilines is 1. The van der Waals surface area contributed by atoms with E-state index in [1.807, 2.05) is 36.6 Å². The number of hydrogen-bond acceptors (Lipinski definition) is 3. The summed E-state index contributed by atoms with van der Waals surface area (Å²) in [6.45, 7) is 9.63. The van der Waals surface area contributed by atoms with E-state index in [-0.39, 0.29) is 18.0 Å². The first-order valence-corrected chi connectivity index (χ1v) is 9.59. The van der Waals surface area contributed by atoms with Gasteiger partial charge in [0, 0.05) is 41.9 Å². The molecule has 1 aliphatic heterocycles. The van der Waals surface area contributed by atoms with Crippen molar-refractivity contribution in [1.82, 2.24) is 10.2 Å². The van der Waals surface area contributed by atoms with Crippen LogP contribution in [0, 0.1) is 12.8 Å². The quantitative estimate of drug-likeness (QED) is 0.876. The summed E-state index contributed by atoms with van der Waals surface area (Å²) < 4.78 is 0. The first kappa shape index (κ1) is 18.6. The number of amides is 3. The Kier molecular flexibility index (Phi) is 6.54. The van der Waals surface area contributed by atoms with Gasteiger partial charge in [0.15, 0.2) is 0 Å². The maximum absolute atomic E-state index is 12.5. The zero-order valence-corrected chi connectivity index (χ0v) is 15.7. The number of nitrogens with one attached hydrogen (secondary N) is 2. The average molecular weight is 350 g/mol. The number of aryl methyl sites for hydroxylation is 1. The van der Waals surface area contributed by atoms with Gasteiger partial charge in [0.2, 0.25) is 0 Å². The van der Waals surface area contributed by atoms with Crippen LogP contribution in [0.1, 0.15) is 36.7 Å². The van der Waals surface area contributed by atoms with Gasteiger partial charge in [0.25, 0.3) is 5.91 Å². The minimum absolute atomic E-state index is 0.0721. The van der Waals surface area contributed by atoms with Crippen LogP contribution in [0.3, 0.4) is 0 Å². The molecule has 0 radical (unpaired) electrons. The second-order valence-corrected chi connectivity index (χ2v) is 7.79. The van der Waals surface area contributed by atoms with Gasteiger partial charge in [-0.05, 0) is 43.5 Å². The van der Waals surface area contributed by atoms with Crippen LogP contribution in [0.15, 0.2) is 18.2 Å². The van der Waals surface area contributed by atoms with Gasteiger partial charge in [-0.3, -0.25) is 4.79 Å². The smallest absolute Gasteiger partial charge is 0.319 e. The summed E-state index contributed by atoms with van der Waals surface area (Å²) in [7, 11) is 0. The third-order valence-corrected chi connectivity index (χ3v) is 5.32. The highest BCUT2D eigenvalue weighted by Gasteiger charge is 2.19. The van der Waals surface area contributed by atoms with Gasteiger partial charge >= 0.3 is 6.03 Å². The molecule has 0 aliphatic carbocycles. The molecule has 0 bridgehead atoms. The van der Waals surface area contributed by atoms with E-state index in [4.69, 9.17) is 0 Å². The van der Waals surface area contributed by atoms with E-state index >= 15 is 0 Å². The Hall–Kier alpha value is -1.69. The monoisotopic (exact) mass is 349 g/mol. The largest absolute Gasteiger partial charge is 0.337 e. The number of hydrogen-bond donors (Lipinski definition) is 2. The average Bonchev–Trinajstić information content (AvgIpc) is 2.56. The van der Waals surface area contributed by atoms with E-state index in [1.165, 1.54) is 0 Å². The second kappa shape index (κ2) is 8.42. The first-order valence-electron chi connectivity index (χ1n) is 8.43. The lowest BCUT2D eigenvalue weighted by Gasteiger charge is -2.26. The van der Waals surface area contributed by atoms with Crippen molar-refractivity contribution in [3.63, 3.8) is 0 Å². The predicted molar refractivity (Wildman–Crippen MR) is 101 cm³/mol. The van der Waals surface area contributed by atoms with Crippen LogP contribution in [0.5, 0.6) is 0 Å². The normalized spacial score (nSPS) is 16.0. The van der Waals surface area contributed by atoms with Crippen molar-refractivity contribution in [2.45, 2.75) is 33.7 Å². The van der Waals surface area contributed by atoms with Gasteiger partial charge in [-0.15, -0.1) is 0 Å². The summed E-state index contributed by atoms with van der Waals surface area (Å²) in [6, 6.07) is 5.33. The van der Waals surface area contributed by atoms with E-state index in [0.717, 1.165) is 35.8 Å². The summed E-state index contributed by atoms with van der Waals surface area (Å²) >= 11 is 1.88. The molecule has 3 amide bonds. The maximum Gasteiger partial charge on any atom is 0.319 e. The van der Waals surface area contributed by atoms with Crippen LogP contribution in [0.2, 0.25) is 0 Å². The van der Waals surface area contributed by atoms with Crippen LogP contribution >= 0.6 is 11.8 Å². The molecule has 1 saturated heterocycles. The van der Waals surface area contributed by atoms with E-state index in [0.29, 0.717) is 11.5 Å². The molecule has 1 aliphatic rings. The molecular weight excluding hydrogens is 322 g/mol. The van der Waals surface area contributed by atoms with Crippen LogP contribution in [-0.2, 0) is 0 Å². The number of thioether (sulfide) groups is 1. The molecule has 5 nitrogen and oxygen atoms in total. The lowest BCUT2D eigenvalue weighted by Crippen LogP contribution is -2.39. The lowest BCUT2D eigenvalue weighted by molar-refractivity contribution is 0.0772. The van der Waals surface area contributed by atoms with Gasteiger partial charge in [-0.25, -0.2) is 4.79 Å². The molecule has 1 aromatic rings. The summed E-state index contributed by atoms with van der Waals surface area (Å²) in [4.78, 5) is 26.5. The molecule has 2 N–H and O–H groups in total. The third-order valence-electron chi connectivity index (χ3n) is 4.38. The van der Waals surface area contributed by atoms with Crippen LogP contribution < -0.4 is 10.6 Å². The van der Waals surface area contributed by atoms with E-state index in [1.54, 1.807) is 12.1 Å². The predicted octanol–water partition coefficient (Wildman–Crippen LogP) is 3.35. The van der Waals surface area contributed by atoms with Gasteiger partial charge < -0.3 is 15.5 Å². The molecule has 0 aromatic heterocycles. The van der Waals surface area contributed by atoms with Crippen molar-refractivity contribution in [3.8, 4) is 0 Å². The maximum atomic E-state index is 12.5. The fraction of sp³-hybridized carbons (Fsp3) is 0.556. The minimum Gasteiger partial charge on any atom is -0.337 e. The van der Waals surface area contributed by atoms with Gasteiger partial charge in [0.1, 0.15) is 0 Å². The summed E-state index contributed by atoms with van der Waals surface area (Å²) in [5, 5.41) is 5.78. The number of urea groups is 1. The van der Waals surface area contributed by atoms with E-state index < -0.39 is 0 Å². The Balaban J connectivity index is 2.01. The fourth-order valence-corrected chi connectivity index (χ4v) is 3.32. The van der Waals surface area contributed by atoms with Crippen LogP contribution in [-0.4, -0.2) is 47.5 Å². The lowest BCUT2D eigenvalue weighted by atomic mass is 10.1. The van der Waals surface area contributed by atoms with Crippen molar-refractivity contribution < 1.29 is 9.59 Å². The highest BCUT2D eigenvalue weighted by atomic mass is 32.2. The Morgan fingerprint density at radius 3 is 2.42 bits per heavy atom.